The molecule has 2 atom stereocenters. The summed E-state index contributed by atoms with van der Waals surface area (Å²) < 4.78 is 15.9. The second-order valence-electron chi connectivity index (χ2n) is 10.0. The first kappa shape index (κ1) is 23.2. The number of fused-ring (bicyclic) bond motifs is 1. The van der Waals surface area contributed by atoms with Crippen molar-refractivity contribution in [3.8, 4) is 0 Å². The third-order valence-corrected chi connectivity index (χ3v) is 6.25. The molecule has 35 heavy (non-hydrogen) atoms. The quantitative estimate of drug-likeness (QED) is 0.506. The molecule has 0 unspecified atom stereocenters. The van der Waals surface area contributed by atoms with Crippen LogP contribution >= 0.6 is 0 Å². The summed E-state index contributed by atoms with van der Waals surface area (Å²) in [5.41, 5.74) is 0.490. The normalized spacial score (nSPS) is 22.2. The first-order valence-corrected chi connectivity index (χ1v) is 11.8. The Morgan fingerprint density at radius 3 is 2.77 bits per heavy atom. The molecular weight excluding hydrogens is 453 g/mol. The summed E-state index contributed by atoms with van der Waals surface area (Å²) in [6.07, 6.45) is 1.36. The van der Waals surface area contributed by atoms with Crippen LogP contribution in [0.5, 0.6) is 0 Å². The largest absolute Gasteiger partial charge is 0.390 e. The Kier molecular flexibility index (Phi) is 5.70. The molecule has 0 bridgehead atoms. The zero-order valence-electron chi connectivity index (χ0n) is 20.2. The van der Waals surface area contributed by atoms with Crippen LogP contribution in [0.1, 0.15) is 40.2 Å². The lowest BCUT2D eigenvalue weighted by Gasteiger charge is -2.32. The van der Waals surface area contributed by atoms with E-state index in [1.165, 1.54) is 0 Å². The minimum atomic E-state index is -1.33. The number of nitrogens with one attached hydrogen (secondary N) is 2. The van der Waals surface area contributed by atoms with E-state index in [9.17, 15) is 14.3 Å². The highest BCUT2D eigenvalue weighted by atomic mass is 19.1. The molecule has 3 aromatic heterocycles. The third-order valence-electron chi connectivity index (χ3n) is 6.25. The number of urea groups is 1. The molecule has 0 spiro atoms. The van der Waals surface area contributed by atoms with Gasteiger partial charge in [-0.3, -0.25) is 9.58 Å². The summed E-state index contributed by atoms with van der Waals surface area (Å²) in [5.74, 6) is 2.04. The summed E-state index contributed by atoms with van der Waals surface area (Å²) in [7, 11) is 0. The Morgan fingerprint density at radius 1 is 1.29 bits per heavy atom. The molecule has 2 aliphatic heterocycles. The number of amides is 2. The van der Waals surface area contributed by atoms with Gasteiger partial charge in [-0.05, 0) is 40.2 Å². The summed E-state index contributed by atoms with van der Waals surface area (Å²) in [5, 5.41) is 21.4. The van der Waals surface area contributed by atoms with Gasteiger partial charge >= 0.3 is 6.03 Å². The first-order chi connectivity index (χ1) is 16.6. The fourth-order valence-corrected chi connectivity index (χ4v) is 4.49. The molecule has 2 saturated heterocycles. The maximum Gasteiger partial charge on any atom is 0.323 e. The van der Waals surface area contributed by atoms with Crippen molar-refractivity contribution in [2.24, 2.45) is 0 Å². The standard InChI is InChI=1S/C23H30FN9O2/c1-13(2)33-16-9-19(26-10-14(16)20(30-33)32-12-23(3,4)29-22(32)35)27-18-5-7-25-21(28-18)31-8-6-17(34)15(24)11-31/h5,7,9-10,13,15,17,34H,6,8,11-12H2,1-4H3,(H,29,35)(H,25,26,27,28)/t15-,17+/m0/s1. The lowest BCUT2D eigenvalue weighted by atomic mass is 10.1. The van der Waals surface area contributed by atoms with Gasteiger partial charge in [0.15, 0.2) is 5.82 Å². The molecule has 2 aliphatic rings. The average Bonchev–Trinajstić information content (AvgIpc) is 3.31. The molecule has 5 heterocycles. The van der Waals surface area contributed by atoms with Crippen LogP contribution in [0.15, 0.2) is 24.5 Å². The van der Waals surface area contributed by atoms with Crippen molar-refractivity contribution in [1.82, 2.24) is 30.0 Å². The third kappa shape index (κ3) is 4.45. The summed E-state index contributed by atoms with van der Waals surface area (Å²) in [4.78, 5) is 29.3. The first-order valence-electron chi connectivity index (χ1n) is 11.8. The number of rotatable bonds is 5. The number of piperidine rings is 1. The molecule has 5 rings (SSSR count). The number of carbonyl (C=O) groups excluding carboxylic acids is 1. The molecule has 0 saturated carbocycles. The van der Waals surface area contributed by atoms with Crippen molar-refractivity contribution in [1.29, 1.82) is 0 Å². The van der Waals surface area contributed by atoms with Crippen molar-refractivity contribution in [2.75, 3.05) is 34.8 Å². The van der Waals surface area contributed by atoms with Crippen LogP contribution in [0.4, 0.5) is 32.6 Å². The zero-order chi connectivity index (χ0) is 24.9. The van der Waals surface area contributed by atoms with E-state index in [1.807, 2.05) is 38.4 Å². The maximum absolute atomic E-state index is 14.0. The molecule has 186 valence electrons. The van der Waals surface area contributed by atoms with Crippen LogP contribution in [0.25, 0.3) is 10.9 Å². The number of carbonyl (C=O) groups is 1. The van der Waals surface area contributed by atoms with Crippen molar-refractivity contribution < 1.29 is 14.3 Å². The molecule has 12 heteroatoms. The molecule has 2 fully saturated rings. The van der Waals surface area contributed by atoms with Gasteiger partial charge in [0.05, 0.1) is 35.6 Å². The zero-order valence-corrected chi connectivity index (χ0v) is 20.2. The maximum atomic E-state index is 14.0. The van der Waals surface area contributed by atoms with E-state index in [2.05, 4.69) is 25.6 Å². The Morgan fingerprint density at radius 2 is 2.09 bits per heavy atom. The monoisotopic (exact) mass is 483 g/mol. The molecule has 11 nitrogen and oxygen atoms in total. The Bertz CT molecular complexity index is 1260. The SMILES string of the molecule is CC(C)n1nc(N2CC(C)(C)NC2=O)c2cnc(Nc3ccnc(N4CC[C@@H](O)[C@@H](F)C4)n3)cc21. The van der Waals surface area contributed by atoms with E-state index < -0.39 is 12.3 Å². The predicted octanol–water partition coefficient (Wildman–Crippen LogP) is 2.76. The van der Waals surface area contributed by atoms with Gasteiger partial charge in [-0.1, -0.05) is 0 Å². The van der Waals surface area contributed by atoms with E-state index in [-0.39, 0.29) is 24.2 Å². The molecule has 0 radical (unpaired) electrons. The van der Waals surface area contributed by atoms with Crippen molar-refractivity contribution >= 4 is 40.3 Å². The number of nitrogens with zero attached hydrogens (tertiary/aromatic N) is 7. The summed E-state index contributed by atoms with van der Waals surface area (Å²) in [6, 6.07) is 3.47. The van der Waals surface area contributed by atoms with E-state index in [4.69, 9.17) is 5.10 Å². The lowest BCUT2D eigenvalue weighted by Crippen LogP contribution is -2.45. The van der Waals surface area contributed by atoms with Gasteiger partial charge in [0, 0.05) is 31.0 Å². The van der Waals surface area contributed by atoms with Crippen LogP contribution in [-0.4, -0.2) is 73.3 Å². The number of aliphatic hydroxyl groups is 1. The van der Waals surface area contributed by atoms with Gasteiger partial charge in [-0.25, -0.2) is 19.2 Å². The number of aliphatic hydroxyl groups excluding tert-OH is 1. The summed E-state index contributed by atoms with van der Waals surface area (Å²) in [6.45, 7) is 9.04. The molecule has 0 aliphatic carbocycles. The molecular formula is C23H30FN9O2. The fourth-order valence-electron chi connectivity index (χ4n) is 4.49. The number of alkyl halides is 1. The van der Waals surface area contributed by atoms with Crippen LogP contribution in [0.2, 0.25) is 0 Å². The van der Waals surface area contributed by atoms with Gasteiger partial charge in [0.25, 0.3) is 0 Å². The highest BCUT2D eigenvalue weighted by Gasteiger charge is 2.38. The second-order valence-corrected chi connectivity index (χ2v) is 10.0. The van der Waals surface area contributed by atoms with Crippen LogP contribution in [0.3, 0.4) is 0 Å². The minimum absolute atomic E-state index is 0.0477. The van der Waals surface area contributed by atoms with Crippen LogP contribution in [-0.2, 0) is 0 Å². The number of pyridine rings is 1. The highest BCUT2D eigenvalue weighted by Crippen LogP contribution is 2.32. The van der Waals surface area contributed by atoms with Gasteiger partial charge in [0.2, 0.25) is 5.95 Å². The van der Waals surface area contributed by atoms with Crippen molar-refractivity contribution in [2.45, 2.75) is 58.0 Å². The van der Waals surface area contributed by atoms with Gasteiger partial charge in [-0.15, -0.1) is 0 Å². The topological polar surface area (TPSA) is 124 Å². The molecule has 0 aromatic carbocycles. The van der Waals surface area contributed by atoms with Gasteiger partial charge in [-0.2, -0.15) is 10.1 Å². The Balaban J connectivity index is 1.43. The van der Waals surface area contributed by atoms with Crippen molar-refractivity contribution in [3.63, 3.8) is 0 Å². The minimum Gasteiger partial charge on any atom is -0.390 e. The molecule has 3 N–H and O–H groups in total. The Hall–Kier alpha value is -3.54. The number of aromatic nitrogens is 5. The predicted molar refractivity (Wildman–Crippen MR) is 131 cm³/mol. The van der Waals surface area contributed by atoms with Crippen LogP contribution in [0, 0.1) is 0 Å². The number of hydrogen-bond donors (Lipinski definition) is 3. The fraction of sp³-hybridized carbons (Fsp3) is 0.522. The second kappa shape index (κ2) is 8.59. The lowest BCUT2D eigenvalue weighted by molar-refractivity contribution is 0.0612. The number of hydrogen-bond acceptors (Lipinski definition) is 8. The molecule has 3 aromatic rings. The van der Waals surface area contributed by atoms with Crippen LogP contribution < -0.4 is 20.4 Å². The Labute approximate surface area is 202 Å². The molecule has 2 amide bonds. The summed E-state index contributed by atoms with van der Waals surface area (Å²) >= 11 is 0. The van der Waals surface area contributed by atoms with Gasteiger partial charge in [0.1, 0.15) is 17.8 Å². The number of anilines is 4. The van der Waals surface area contributed by atoms with Crippen molar-refractivity contribution in [3.05, 3.63) is 24.5 Å². The number of halogens is 1. The van der Waals surface area contributed by atoms with E-state index in [0.717, 1.165) is 10.9 Å². The van der Waals surface area contributed by atoms with Gasteiger partial charge < -0.3 is 20.6 Å². The average molecular weight is 484 g/mol. The van der Waals surface area contributed by atoms with E-state index >= 15 is 0 Å². The van der Waals surface area contributed by atoms with E-state index in [0.29, 0.717) is 42.9 Å². The smallest absolute Gasteiger partial charge is 0.323 e. The highest BCUT2D eigenvalue weighted by molar-refractivity contribution is 6.03. The van der Waals surface area contributed by atoms with E-state index in [1.54, 1.807) is 28.3 Å².